The Balaban J connectivity index is 1.46. The van der Waals surface area contributed by atoms with Gasteiger partial charge in [-0.1, -0.05) is 51.8 Å². The van der Waals surface area contributed by atoms with Gasteiger partial charge in [0.1, 0.15) is 11.5 Å². The van der Waals surface area contributed by atoms with Crippen LogP contribution in [0.3, 0.4) is 0 Å². The zero-order valence-corrected chi connectivity index (χ0v) is 21.4. The summed E-state index contributed by atoms with van der Waals surface area (Å²) in [6, 6.07) is 31.2. The van der Waals surface area contributed by atoms with E-state index in [2.05, 4.69) is 26.6 Å². The molecule has 0 spiro atoms. The summed E-state index contributed by atoms with van der Waals surface area (Å²) in [5.41, 5.74) is 3.03. The first-order valence-electron chi connectivity index (χ1n) is 11.5. The van der Waals surface area contributed by atoms with Gasteiger partial charge in [-0.2, -0.15) is 0 Å². The van der Waals surface area contributed by atoms with Crippen LogP contribution in [0.4, 0.5) is 16.2 Å². The second kappa shape index (κ2) is 12.0. The number of urea groups is 1. The van der Waals surface area contributed by atoms with Crippen LogP contribution in [0, 0.1) is 6.92 Å². The van der Waals surface area contributed by atoms with Crippen LogP contribution in [-0.4, -0.2) is 25.0 Å². The Morgan fingerprint density at radius 2 is 1.44 bits per heavy atom. The van der Waals surface area contributed by atoms with E-state index in [1.54, 1.807) is 17.0 Å². The first kappa shape index (κ1) is 25.0. The van der Waals surface area contributed by atoms with E-state index >= 15 is 0 Å². The molecule has 0 aliphatic rings. The molecule has 0 aliphatic carbocycles. The number of carbonyl (C=O) groups is 2. The van der Waals surface area contributed by atoms with E-state index in [1.165, 1.54) is 0 Å². The van der Waals surface area contributed by atoms with Gasteiger partial charge in [0.05, 0.1) is 0 Å². The molecular formula is C29H26BrN3O3. The van der Waals surface area contributed by atoms with Gasteiger partial charge in [-0.3, -0.25) is 9.69 Å². The molecule has 0 bridgehead atoms. The minimum absolute atomic E-state index is 0.201. The van der Waals surface area contributed by atoms with Gasteiger partial charge in [-0.05, 0) is 79.7 Å². The molecule has 36 heavy (non-hydrogen) atoms. The van der Waals surface area contributed by atoms with Crippen molar-refractivity contribution in [1.29, 1.82) is 0 Å². The molecule has 3 amide bonds. The highest BCUT2D eigenvalue weighted by Gasteiger charge is 2.17. The molecule has 182 valence electrons. The normalized spacial score (nSPS) is 10.4. The number of hydrogen-bond acceptors (Lipinski definition) is 3. The van der Waals surface area contributed by atoms with Gasteiger partial charge in [-0.25, -0.2) is 4.79 Å². The molecule has 4 aromatic carbocycles. The highest BCUT2D eigenvalue weighted by atomic mass is 79.9. The van der Waals surface area contributed by atoms with Crippen LogP contribution in [0.1, 0.15) is 15.9 Å². The molecule has 0 saturated carbocycles. The third-order valence-corrected chi connectivity index (χ3v) is 5.93. The van der Waals surface area contributed by atoms with Crippen LogP contribution in [0.15, 0.2) is 108 Å². The van der Waals surface area contributed by atoms with Crippen LogP contribution in [0.5, 0.6) is 11.5 Å². The molecule has 0 radical (unpaired) electrons. The van der Waals surface area contributed by atoms with Gasteiger partial charge >= 0.3 is 6.03 Å². The van der Waals surface area contributed by atoms with Crippen LogP contribution >= 0.6 is 15.9 Å². The summed E-state index contributed by atoms with van der Waals surface area (Å²) in [7, 11) is 0. The van der Waals surface area contributed by atoms with Crippen molar-refractivity contribution in [3.8, 4) is 11.5 Å². The summed E-state index contributed by atoms with van der Waals surface area (Å²) in [6.45, 7) is 2.54. The number of halogens is 1. The molecule has 0 fully saturated rings. The lowest BCUT2D eigenvalue weighted by Gasteiger charge is -2.24. The Morgan fingerprint density at radius 3 is 2.11 bits per heavy atom. The third kappa shape index (κ3) is 6.96. The Bertz CT molecular complexity index is 1290. The lowest BCUT2D eigenvalue weighted by molar-refractivity contribution is 0.0954. The molecule has 2 N–H and O–H groups in total. The first-order chi connectivity index (χ1) is 17.5. The van der Waals surface area contributed by atoms with Crippen LogP contribution in [-0.2, 0) is 0 Å². The number of hydrogen-bond donors (Lipinski definition) is 2. The number of para-hydroxylation sites is 1. The summed E-state index contributed by atoms with van der Waals surface area (Å²) in [5, 5.41) is 5.82. The van der Waals surface area contributed by atoms with E-state index in [9.17, 15) is 9.59 Å². The van der Waals surface area contributed by atoms with Gasteiger partial charge in [-0.15, -0.1) is 0 Å². The number of nitrogens with zero attached hydrogens (tertiary/aromatic N) is 1. The maximum absolute atomic E-state index is 13.2. The topological polar surface area (TPSA) is 70.7 Å². The first-order valence-corrected chi connectivity index (χ1v) is 12.3. The number of anilines is 2. The number of ether oxygens (including phenoxy) is 1. The van der Waals surface area contributed by atoms with E-state index in [0.29, 0.717) is 22.7 Å². The molecule has 0 aromatic heterocycles. The summed E-state index contributed by atoms with van der Waals surface area (Å²) in [4.78, 5) is 27.3. The SMILES string of the molecule is Cc1ccc(NC(=O)N(CCNC(=O)c2ccc(Br)cc2)c2ccc(Oc3ccccc3)cc2)cc1. The maximum Gasteiger partial charge on any atom is 0.326 e. The predicted octanol–water partition coefficient (Wildman–Crippen LogP) is 7.02. The van der Waals surface area contributed by atoms with E-state index in [1.807, 2.05) is 97.9 Å². The van der Waals surface area contributed by atoms with Gasteiger partial charge in [0, 0.05) is 34.5 Å². The molecule has 4 rings (SSSR count). The van der Waals surface area contributed by atoms with Crippen molar-refractivity contribution in [2.24, 2.45) is 0 Å². The molecule has 7 heteroatoms. The molecule has 0 unspecified atom stereocenters. The molecule has 0 saturated heterocycles. The van der Waals surface area contributed by atoms with Crippen molar-refractivity contribution in [2.75, 3.05) is 23.3 Å². The van der Waals surface area contributed by atoms with E-state index < -0.39 is 0 Å². The Labute approximate surface area is 219 Å². The minimum atomic E-state index is -0.298. The van der Waals surface area contributed by atoms with Crippen molar-refractivity contribution >= 4 is 39.2 Å². The van der Waals surface area contributed by atoms with E-state index in [-0.39, 0.29) is 25.0 Å². The fourth-order valence-electron chi connectivity index (χ4n) is 3.48. The fourth-order valence-corrected chi connectivity index (χ4v) is 3.74. The zero-order valence-electron chi connectivity index (χ0n) is 19.8. The third-order valence-electron chi connectivity index (χ3n) is 5.40. The predicted molar refractivity (Wildman–Crippen MR) is 147 cm³/mol. The highest BCUT2D eigenvalue weighted by Crippen LogP contribution is 2.25. The summed E-state index contributed by atoms with van der Waals surface area (Å²) < 4.78 is 6.77. The second-order valence-electron chi connectivity index (χ2n) is 8.12. The van der Waals surface area contributed by atoms with Crippen molar-refractivity contribution in [2.45, 2.75) is 6.92 Å². The van der Waals surface area contributed by atoms with Crippen LogP contribution in [0.2, 0.25) is 0 Å². The summed E-state index contributed by atoms with van der Waals surface area (Å²) in [6.07, 6.45) is 0. The Kier molecular flexibility index (Phi) is 8.36. The van der Waals surface area contributed by atoms with Crippen molar-refractivity contribution < 1.29 is 14.3 Å². The van der Waals surface area contributed by atoms with Gasteiger partial charge < -0.3 is 15.4 Å². The van der Waals surface area contributed by atoms with Crippen molar-refractivity contribution in [1.82, 2.24) is 5.32 Å². The Morgan fingerprint density at radius 1 is 0.806 bits per heavy atom. The lowest BCUT2D eigenvalue weighted by Crippen LogP contribution is -2.41. The molecule has 0 heterocycles. The number of nitrogens with one attached hydrogen (secondary N) is 2. The maximum atomic E-state index is 13.2. The number of benzene rings is 4. The Hall–Kier alpha value is -4.10. The second-order valence-corrected chi connectivity index (χ2v) is 9.04. The van der Waals surface area contributed by atoms with Crippen LogP contribution < -0.4 is 20.3 Å². The zero-order chi connectivity index (χ0) is 25.3. The fraction of sp³-hybridized carbons (Fsp3) is 0.103. The van der Waals surface area contributed by atoms with E-state index in [4.69, 9.17) is 4.74 Å². The van der Waals surface area contributed by atoms with Gasteiger partial charge in [0.15, 0.2) is 0 Å². The smallest absolute Gasteiger partial charge is 0.326 e. The molecule has 0 atom stereocenters. The average Bonchev–Trinajstić information content (AvgIpc) is 2.89. The number of amides is 3. The standard InChI is InChI=1S/C29H26BrN3O3/c1-21-7-13-24(14-8-21)32-29(35)33(20-19-31-28(34)22-9-11-23(30)12-10-22)25-15-17-27(18-16-25)36-26-5-3-2-4-6-26/h2-18H,19-20H2,1H3,(H,31,34)(H,32,35). The quantitative estimate of drug-likeness (QED) is 0.251. The molecule has 4 aromatic rings. The number of rotatable bonds is 8. The summed E-state index contributed by atoms with van der Waals surface area (Å²) in [5.74, 6) is 1.19. The minimum Gasteiger partial charge on any atom is -0.457 e. The average molecular weight is 544 g/mol. The number of aryl methyl sites for hydroxylation is 1. The highest BCUT2D eigenvalue weighted by molar-refractivity contribution is 9.10. The van der Waals surface area contributed by atoms with Gasteiger partial charge in [0.25, 0.3) is 5.91 Å². The monoisotopic (exact) mass is 543 g/mol. The van der Waals surface area contributed by atoms with E-state index in [0.717, 1.165) is 15.8 Å². The largest absolute Gasteiger partial charge is 0.457 e. The molecular weight excluding hydrogens is 518 g/mol. The van der Waals surface area contributed by atoms with Gasteiger partial charge in [0.2, 0.25) is 0 Å². The van der Waals surface area contributed by atoms with Crippen molar-refractivity contribution in [3.63, 3.8) is 0 Å². The number of carbonyl (C=O) groups excluding carboxylic acids is 2. The summed E-state index contributed by atoms with van der Waals surface area (Å²) >= 11 is 3.37. The molecule has 6 nitrogen and oxygen atoms in total. The molecule has 0 aliphatic heterocycles. The lowest BCUT2D eigenvalue weighted by atomic mass is 10.2. The van der Waals surface area contributed by atoms with Crippen LogP contribution in [0.25, 0.3) is 0 Å². The van der Waals surface area contributed by atoms with Crippen molar-refractivity contribution in [3.05, 3.63) is 119 Å².